The summed E-state index contributed by atoms with van der Waals surface area (Å²) in [6.07, 6.45) is -0.367. The third kappa shape index (κ3) is 4.45. The molecule has 0 aliphatic carbocycles. The number of nitriles is 1. The highest BCUT2D eigenvalue weighted by molar-refractivity contribution is 9.10. The lowest BCUT2D eigenvalue weighted by atomic mass is 10.2. The molecule has 23 heavy (non-hydrogen) atoms. The molecule has 1 N–H and O–H groups in total. The maximum Gasteiger partial charge on any atom is 0.407 e. The van der Waals surface area contributed by atoms with E-state index >= 15 is 0 Å². The molecule has 0 saturated carbocycles. The number of benzene rings is 1. The molecule has 2 rings (SSSR count). The third-order valence-electron chi connectivity index (χ3n) is 3.22. The topological polar surface area (TPSA) is 82.4 Å². The van der Waals surface area contributed by atoms with E-state index in [9.17, 15) is 14.9 Å². The molecular formula is C16H18BrN3O3. The van der Waals surface area contributed by atoms with E-state index in [1.165, 1.54) is 4.90 Å². The van der Waals surface area contributed by atoms with E-state index in [2.05, 4.69) is 27.3 Å². The minimum Gasteiger partial charge on any atom is -0.444 e. The molecular weight excluding hydrogens is 362 g/mol. The van der Waals surface area contributed by atoms with E-state index in [1.807, 2.05) is 0 Å². The van der Waals surface area contributed by atoms with Crippen LogP contribution in [0.25, 0.3) is 0 Å². The van der Waals surface area contributed by atoms with Crippen molar-refractivity contribution in [2.24, 2.45) is 0 Å². The van der Waals surface area contributed by atoms with Crippen molar-refractivity contribution in [2.45, 2.75) is 38.8 Å². The monoisotopic (exact) mass is 379 g/mol. The van der Waals surface area contributed by atoms with E-state index in [-0.39, 0.29) is 18.4 Å². The number of hydrogen-bond acceptors (Lipinski definition) is 4. The summed E-state index contributed by atoms with van der Waals surface area (Å²) in [5.41, 5.74) is 0.367. The molecule has 1 fully saturated rings. The van der Waals surface area contributed by atoms with Crippen molar-refractivity contribution < 1.29 is 14.3 Å². The number of alkyl carbamates (subject to hydrolysis) is 1. The normalized spacial score (nSPS) is 17.8. The van der Waals surface area contributed by atoms with Gasteiger partial charge in [-0.25, -0.2) is 4.79 Å². The van der Waals surface area contributed by atoms with Gasteiger partial charge in [0, 0.05) is 17.4 Å². The molecule has 1 heterocycles. The van der Waals surface area contributed by atoms with Crippen molar-refractivity contribution in [1.29, 1.82) is 5.26 Å². The van der Waals surface area contributed by atoms with Gasteiger partial charge in [-0.3, -0.25) is 4.79 Å². The number of rotatable bonds is 2. The summed E-state index contributed by atoms with van der Waals surface area (Å²) in [6, 6.07) is 6.90. The van der Waals surface area contributed by atoms with Gasteiger partial charge in [0.25, 0.3) is 0 Å². The quantitative estimate of drug-likeness (QED) is 0.855. The Morgan fingerprint density at radius 2 is 2.17 bits per heavy atom. The van der Waals surface area contributed by atoms with Gasteiger partial charge in [-0.1, -0.05) is 15.9 Å². The number of hydrogen-bond donors (Lipinski definition) is 1. The van der Waals surface area contributed by atoms with Gasteiger partial charge in [0.05, 0.1) is 17.3 Å². The molecule has 0 bridgehead atoms. The Morgan fingerprint density at radius 3 is 2.78 bits per heavy atom. The van der Waals surface area contributed by atoms with Crippen molar-refractivity contribution >= 4 is 33.6 Å². The number of nitrogens with one attached hydrogen (secondary N) is 1. The van der Waals surface area contributed by atoms with Gasteiger partial charge in [0.1, 0.15) is 11.7 Å². The van der Waals surface area contributed by atoms with Gasteiger partial charge in [0.15, 0.2) is 0 Å². The Hall–Kier alpha value is -2.07. The zero-order chi connectivity index (χ0) is 17.2. The number of anilines is 1. The minimum atomic E-state index is -0.591. The van der Waals surface area contributed by atoms with Gasteiger partial charge < -0.3 is 15.0 Å². The van der Waals surface area contributed by atoms with Crippen molar-refractivity contribution in [3.63, 3.8) is 0 Å². The highest BCUT2D eigenvalue weighted by Gasteiger charge is 2.33. The number of halogens is 1. The van der Waals surface area contributed by atoms with Crippen LogP contribution < -0.4 is 10.2 Å². The van der Waals surface area contributed by atoms with Crippen LogP contribution >= 0.6 is 15.9 Å². The average molecular weight is 380 g/mol. The van der Waals surface area contributed by atoms with E-state index in [0.29, 0.717) is 17.8 Å². The zero-order valence-electron chi connectivity index (χ0n) is 13.2. The Labute approximate surface area is 143 Å². The summed E-state index contributed by atoms with van der Waals surface area (Å²) < 4.78 is 5.97. The van der Waals surface area contributed by atoms with E-state index in [4.69, 9.17) is 4.74 Å². The molecule has 1 aromatic carbocycles. The van der Waals surface area contributed by atoms with Crippen LogP contribution in [0.2, 0.25) is 0 Å². The van der Waals surface area contributed by atoms with E-state index in [0.717, 1.165) is 4.47 Å². The molecule has 122 valence electrons. The third-order valence-corrected chi connectivity index (χ3v) is 3.71. The number of amides is 2. The molecule has 1 saturated heterocycles. The van der Waals surface area contributed by atoms with Gasteiger partial charge in [-0.05, 0) is 39.0 Å². The molecule has 1 aliphatic rings. The van der Waals surface area contributed by atoms with Crippen LogP contribution in [0, 0.1) is 11.3 Å². The van der Waals surface area contributed by atoms with Gasteiger partial charge in [0.2, 0.25) is 5.91 Å². The maximum absolute atomic E-state index is 12.2. The minimum absolute atomic E-state index is 0.134. The fourth-order valence-corrected chi connectivity index (χ4v) is 2.71. The van der Waals surface area contributed by atoms with Gasteiger partial charge >= 0.3 is 6.09 Å². The van der Waals surface area contributed by atoms with E-state index < -0.39 is 11.7 Å². The standard InChI is InChI=1S/C16H18BrN3O3/c1-16(2,3)23-15(22)19-12-7-14(21)20(9-12)13-5-4-11(17)6-10(13)8-18/h4-6,12H,7,9H2,1-3H3,(H,19,22)/t12-/m0/s1. The molecule has 2 amide bonds. The molecule has 1 atom stereocenters. The lowest BCUT2D eigenvalue weighted by Crippen LogP contribution is -2.40. The van der Waals surface area contributed by atoms with Gasteiger partial charge in [-0.2, -0.15) is 5.26 Å². The lowest BCUT2D eigenvalue weighted by Gasteiger charge is -2.22. The molecule has 1 aromatic rings. The SMILES string of the molecule is CC(C)(C)OC(=O)N[C@H]1CC(=O)N(c2ccc(Br)cc2C#N)C1. The van der Waals surface area contributed by atoms with Crippen LogP contribution in [0.4, 0.5) is 10.5 Å². The zero-order valence-corrected chi connectivity index (χ0v) is 14.8. The Morgan fingerprint density at radius 1 is 1.48 bits per heavy atom. The predicted molar refractivity (Wildman–Crippen MR) is 89.0 cm³/mol. The first kappa shape index (κ1) is 17.3. The smallest absolute Gasteiger partial charge is 0.407 e. The largest absolute Gasteiger partial charge is 0.444 e. The highest BCUT2D eigenvalue weighted by atomic mass is 79.9. The first-order chi connectivity index (χ1) is 10.7. The van der Waals surface area contributed by atoms with Crippen molar-refractivity contribution in [2.75, 3.05) is 11.4 Å². The number of carbonyl (C=O) groups is 2. The van der Waals surface area contributed by atoms with Crippen LogP contribution in [0.3, 0.4) is 0 Å². The van der Waals surface area contributed by atoms with Crippen LogP contribution in [0.5, 0.6) is 0 Å². The van der Waals surface area contributed by atoms with E-state index in [1.54, 1.807) is 39.0 Å². The molecule has 0 unspecified atom stereocenters. The van der Waals surface area contributed by atoms with Crippen LogP contribution in [0.1, 0.15) is 32.8 Å². The molecule has 7 heteroatoms. The fourth-order valence-electron chi connectivity index (χ4n) is 2.34. The fraction of sp³-hybridized carbons (Fsp3) is 0.438. The summed E-state index contributed by atoms with van der Waals surface area (Å²) in [7, 11) is 0. The maximum atomic E-state index is 12.2. The first-order valence-corrected chi connectivity index (χ1v) is 7.98. The average Bonchev–Trinajstić information content (AvgIpc) is 2.76. The van der Waals surface area contributed by atoms with Crippen LogP contribution in [-0.2, 0) is 9.53 Å². The highest BCUT2D eigenvalue weighted by Crippen LogP contribution is 2.28. The first-order valence-electron chi connectivity index (χ1n) is 7.19. The summed E-state index contributed by atoms with van der Waals surface area (Å²) in [5, 5.41) is 11.9. The number of nitrogens with zero attached hydrogens (tertiary/aromatic N) is 2. The van der Waals surface area contributed by atoms with Crippen LogP contribution in [-0.4, -0.2) is 30.2 Å². The van der Waals surface area contributed by atoms with Crippen molar-refractivity contribution in [1.82, 2.24) is 5.32 Å². The summed E-state index contributed by atoms with van der Waals surface area (Å²) >= 11 is 3.31. The second kappa shape index (κ2) is 6.59. The number of carbonyl (C=O) groups excluding carboxylic acids is 2. The Bertz CT molecular complexity index is 676. The molecule has 6 nitrogen and oxygen atoms in total. The molecule has 0 radical (unpaired) electrons. The molecule has 0 spiro atoms. The van der Waals surface area contributed by atoms with Crippen molar-refractivity contribution in [3.8, 4) is 6.07 Å². The summed E-state index contributed by atoms with van der Waals surface area (Å²) in [6.45, 7) is 5.65. The molecule has 0 aromatic heterocycles. The van der Waals surface area contributed by atoms with Crippen molar-refractivity contribution in [3.05, 3.63) is 28.2 Å². The number of ether oxygens (including phenoxy) is 1. The lowest BCUT2D eigenvalue weighted by molar-refractivity contribution is -0.117. The van der Waals surface area contributed by atoms with Gasteiger partial charge in [-0.15, -0.1) is 0 Å². The summed E-state index contributed by atoms with van der Waals surface area (Å²) in [4.78, 5) is 25.5. The second-order valence-electron chi connectivity index (χ2n) is 6.32. The predicted octanol–water partition coefficient (Wildman–Crippen LogP) is 2.95. The molecule has 1 aliphatic heterocycles. The Kier molecular flexibility index (Phi) is 4.95. The summed E-state index contributed by atoms with van der Waals surface area (Å²) in [5.74, 6) is -0.134. The second-order valence-corrected chi connectivity index (χ2v) is 7.24. The van der Waals surface area contributed by atoms with Crippen LogP contribution in [0.15, 0.2) is 22.7 Å². The Balaban J connectivity index is 2.09.